The van der Waals surface area contributed by atoms with Crippen LogP contribution in [-0.4, -0.2) is 46.3 Å². The van der Waals surface area contributed by atoms with Gasteiger partial charge < -0.3 is 10.4 Å². The summed E-state index contributed by atoms with van der Waals surface area (Å²) in [6.07, 6.45) is -5.78. The molecular weight excluding hydrogens is 265 g/mol. The summed E-state index contributed by atoms with van der Waals surface area (Å²) in [5.74, 6) is -0.947. The summed E-state index contributed by atoms with van der Waals surface area (Å²) in [5.41, 5.74) is -0.887. The van der Waals surface area contributed by atoms with Crippen molar-refractivity contribution in [3.05, 3.63) is 0 Å². The highest BCUT2D eigenvalue weighted by Crippen LogP contribution is 2.20. The molecule has 0 fully saturated rings. The molecule has 5 nitrogen and oxygen atoms in total. The number of halogens is 3. The number of hydrogen-bond acceptors (Lipinski definition) is 2. The number of carbonyl (C=O) groups is 2. The van der Waals surface area contributed by atoms with E-state index in [9.17, 15) is 22.8 Å². The zero-order valence-electron chi connectivity index (χ0n) is 11.3. The largest absolute Gasteiger partial charge is 0.465 e. The topological polar surface area (TPSA) is 69.6 Å². The van der Waals surface area contributed by atoms with Gasteiger partial charge in [0.2, 0.25) is 5.91 Å². The van der Waals surface area contributed by atoms with Gasteiger partial charge in [0.1, 0.15) is 12.6 Å². The smallest absolute Gasteiger partial charge is 0.408 e. The Morgan fingerprint density at radius 2 is 1.74 bits per heavy atom. The lowest BCUT2D eigenvalue weighted by Crippen LogP contribution is -2.57. The number of alkyl halides is 3. The van der Waals surface area contributed by atoms with E-state index < -0.39 is 36.3 Å². The van der Waals surface area contributed by atoms with Crippen molar-refractivity contribution in [2.24, 2.45) is 0 Å². The predicted molar refractivity (Wildman–Crippen MR) is 62.8 cm³/mol. The zero-order chi connectivity index (χ0) is 15.4. The third kappa shape index (κ3) is 5.80. The predicted octanol–water partition coefficient (Wildman–Crippen LogP) is 2.22. The Hall–Kier alpha value is -1.47. The number of nitrogens with one attached hydrogen (secondary N) is 1. The highest BCUT2D eigenvalue weighted by atomic mass is 19.4. The normalized spacial score (nSPS) is 13.8. The van der Waals surface area contributed by atoms with Crippen LogP contribution in [0.3, 0.4) is 0 Å². The number of amides is 2. The highest BCUT2D eigenvalue weighted by molar-refractivity contribution is 5.85. The van der Waals surface area contributed by atoms with Gasteiger partial charge in [-0.3, -0.25) is 9.69 Å². The van der Waals surface area contributed by atoms with Crippen LogP contribution in [0.25, 0.3) is 0 Å². The molecule has 1 atom stereocenters. The van der Waals surface area contributed by atoms with E-state index in [1.807, 2.05) is 0 Å². The molecule has 0 saturated heterocycles. The summed E-state index contributed by atoms with van der Waals surface area (Å²) in [5, 5.41) is 10.8. The average Bonchev–Trinajstić information content (AvgIpc) is 2.18. The Morgan fingerprint density at radius 1 is 1.26 bits per heavy atom. The van der Waals surface area contributed by atoms with Crippen LogP contribution >= 0.6 is 0 Å². The second-order valence-corrected chi connectivity index (χ2v) is 5.08. The Bertz CT molecular complexity index is 337. The van der Waals surface area contributed by atoms with E-state index in [0.29, 0.717) is 0 Å². The Labute approximate surface area is 109 Å². The first-order valence-electron chi connectivity index (χ1n) is 5.77. The SMILES string of the molecule is CC[C@@H](C(=O)NCC(F)(F)F)N(C(=O)O)C(C)(C)C. The molecule has 19 heavy (non-hydrogen) atoms. The molecule has 112 valence electrons. The fraction of sp³-hybridized carbons (Fsp3) is 0.818. The molecule has 2 N–H and O–H groups in total. The minimum Gasteiger partial charge on any atom is -0.465 e. The third-order valence-corrected chi connectivity index (χ3v) is 2.39. The van der Waals surface area contributed by atoms with Crippen LogP contribution in [0.1, 0.15) is 34.1 Å². The maximum absolute atomic E-state index is 12.0. The van der Waals surface area contributed by atoms with Crippen LogP contribution in [0.5, 0.6) is 0 Å². The van der Waals surface area contributed by atoms with Crippen LogP contribution in [0.4, 0.5) is 18.0 Å². The maximum atomic E-state index is 12.0. The quantitative estimate of drug-likeness (QED) is 0.831. The molecular formula is C11H19F3N2O3. The molecule has 0 heterocycles. The van der Waals surface area contributed by atoms with Gasteiger partial charge in [0.15, 0.2) is 0 Å². The van der Waals surface area contributed by atoms with Gasteiger partial charge in [-0.1, -0.05) is 6.92 Å². The Balaban J connectivity index is 4.97. The summed E-state index contributed by atoms with van der Waals surface area (Å²) < 4.78 is 36.1. The first kappa shape index (κ1) is 17.5. The van der Waals surface area contributed by atoms with Crippen molar-refractivity contribution in [1.29, 1.82) is 0 Å². The van der Waals surface area contributed by atoms with Gasteiger partial charge in [-0.05, 0) is 27.2 Å². The fourth-order valence-corrected chi connectivity index (χ4v) is 1.68. The second kappa shape index (κ2) is 6.12. The van der Waals surface area contributed by atoms with E-state index in [1.165, 1.54) is 0 Å². The lowest BCUT2D eigenvalue weighted by Gasteiger charge is -2.38. The van der Waals surface area contributed by atoms with Gasteiger partial charge in [0.25, 0.3) is 0 Å². The van der Waals surface area contributed by atoms with Crippen molar-refractivity contribution >= 4 is 12.0 Å². The van der Waals surface area contributed by atoms with Crippen molar-refractivity contribution < 1.29 is 27.9 Å². The van der Waals surface area contributed by atoms with Crippen LogP contribution in [0.2, 0.25) is 0 Å². The molecule has 0 aromatic carbocycles. The molecule has 8 heteroatoms. The molecule has 0 saturated carbocycles. The molecule has 0 bridgehead atoms. The first-order chi connectivity index (χ1) is 8.40. The fourth-order valence-electron chi connectivity index (χ4n) is 1.68. The molecule has 0 aromatic rings. The number of rotatable bonds is 4. The molecule has 0 radical (unpaired) electrons. The molecule has 0 aliphatic rings. The Morgan fingerprint density at radius 3 is 2.00 bits per heavy atom. The van der Waals surface area contributed by atoms with E-state index in [0.717, 1.165) is 4.90 Å². The van der Waals surface area contributed by atoms with Crippen molar-refractivity contribution in [3.63, 3.8) is 0 Å². The Kier molecular flexibility index (Phi) is 5.64. The molecule has 0 rings (SSSR count). The van der Waals surface area contributed by atoms with E-state index in [1.54, 1.807) is 33.0 Å². The van der Waals surface area contributed by atoms with Gasteiger partial charge >= 0.3 is 12.3 Å². The van der Waals surface area contributed by atoms with Crippen LogP contribution in [-0.2, 0) is 4.79 Å². The molecule has 0 aliphatic carbocycles. The first-order valence-corrected chi connectivity index (χ1v) is 5.77. The minimum absolute atomic E-state index is 0.0905. The van der Waals surface area contributed by atoms with Gasteiger partial charge in [0, 0.05) is 5.54 Å². The molecule has 0 aromatic heterocycles. The summed E-state index contributed by atoms with van der Waals surface area (Å²) in [4.78, 5) is 23.7. The minimum atomic E-state index is -4.52. The third-order valence-electron chi connectivity index (χ3n) is 2.39. The lowest BCUT2D eigenvalue weighted by atomic mass is 10.0. The van der Waals surface area contributed by atoms with Crippen molar-refractivity contribution in [2.75, 3.05) is 6.54 Å². The number of carbonyl (C=O) groups excluding carboxylic acids is 1. The molecule has 2 amide bonds. The van der Waals surface area contributed by atoms with E-state index >= 15 is 0 Å². The maximum Gasteiger partial charge on any atom is 0.408 e. The summed E-state index contributed by atoms with van der Waals surface area (Å²) >= 11 is 0. The van der Waals surface area contributed by atoms with E-state index in [2.05, 4.69) is 0 Å². The van der Waals surface area contributed by atoms with E-state index in [-0.39, 0.29) is 6.42 Å². The van der Waals surface area contributed by atoms with Crippen molar-refractivity contribution in [2.45, 2.75) is 51.9 Å². The molecule has 0 aliphatic heterocycles. The average molecular weight is 284 g/mol. The van der Waals surface area contributed by atoms with Gasteiger partial charge in [0.05, 0.1) is 0 Å². The molecule has 0 spiro atoms. The lowest BCUT2D eigenvalue weighted by molar-refractivity contribution is -0.142. The van der Waals surface area contributed by atoms with Crippen LogP contribution in [0, 0.1) is 0 Å². The van der Waals surface area contributed by atoms with E-state index in [4.69, 9.17) is 5.11 Å². The summed E-state index contributed by atoms with van der Waals surface area (Å²) in [7, 11) is 0. The monoisotopic (exact) mass is 284 g/mol. The van der Waals surface area contributed by atoms with Crippen molar-refractivity contribution in [3.8, 4) is 0 Å². The van der Waals surface area contributed by atoms with Gasteiger partial charge in [-0.15, -0.1) is 0 Å². The van der Waals surface area contributed by atoms with Gasteiger partial charge in [-0.2, -0.15) is 13.2 Å². The molecule has 0 unspecified atom stereocenters. The van der Waals surface area contributed by atoms with Crippen molar-refractivity contribution in [1.82, 2.24) is 10.2 Å². The summed E-state index contributed by atoms with van der Waals surface area (Å²) in [6.45, 7) is 4.78. The van der Waals surface area contributed by atoms with Crippen LogP contribution in [0.15, 0.2) is 0 Å². The van der Waals surface area contributed by atoms with Crippen LogP contribution < -0.4 is 5.32 Å². The number of nitrogens with zero attached hydrogens (tertiary/aromatic N) is 1. The number of carboxylic acid groups (broad SMARTS) is 1. The summed E-state index contributed by atoms with van der Waals surface area (Å²) in [6, 6.07) is -1.15. The standard InChI is InChI=1S/C11H19F3N2O3/c1-5-7(8(17)15-6-11(12,13)14)16(9(18)19)10(2,3)4/h7H,5-6H2,1-4H3,(H,15,17)(H,18,19)/t7-/m0/s1. The zero-order valence-corrected chi connectivity index (χ0v) is 11.3. The number of hydrogen-bond donors (Lipinski definition) is 2. The highest BCUT2D eigenvalue weighted by Gasteiger charge is 2.37. The van der Waals surface area contributed by atoms with Gasteiger partial charge in [-0.25, -0.2) is 4.79 Å². The second-order valence-electron chi connectivity index (χ2n) is 5.08.